The van der Waals surface area contributed by atoms with Crippen LogP contribution in [0.5, 0.6) is 0 Å². The summed E-state index contributed by atoms with van der Waals surface area (Å²) in [5.41, 5.74) is 0.624. The number of rotatable bonds is 6. The number of hydrogen-bond acceptors (Lipinski definition) is 5. The van der Waals surface area contributed by atoms with E-state index in [-0.39, 0.29) is 30.5 Å². The molecule has 1 aliphatic heterocycles. The lowest BCUT2D eigenvalue weighted by Gasteiger charge is -2.27. The minimum atomic E-state index is -0.548. The quantitative estimate of drug-likeness (QED) is 0.586. The number of nitrogens with one attached hydrogen (secondary N) is 1. The van der Waals surface area contributed by atoms with Crippen LogP contribution in [0.25, 0.3) is 0 Å². The molecule has 2 aromatic rings. The zero-order valence-electron chi connectivity index (χ0n) is 15.1. The van der Waals surface area contributed by atoms with Crippen LogP contribution in [-0.4, -0.2) is 44.5 Å². The number of aromatic nitrogens is 2. The van der Waals surface area contributed by atoms with E-state index in [4.69, 9.17) is 11.6 Å². The van der Waals surface area contributed by atoms with Crippen LogP contribution < -0.4 is 5.32 Å². The first-order valence-electron chi connectivity index (χ1n) is 8.99. The molecular weight excluding hydrogens is 386 g/mol. The van der Waals surface area contributed by atoms with Crippen molar-refractivity contribution in [3.63, 3.8) is 0 Å². The molecule has 28 heavy (non-hydrogen) atoms. The van der Waals surface area contributed by atoms with Gasteiger partial charge in [-0.25, -0.2) is 0 Å². The molecule has 1 aromatic carbocycles. The number of nitro groups is 1. The van der Waals surface area contributed by atoms with Gasteiger partial charge in [-0.2, -0.15) is 5.10 Å². The Morgan fingerprint density at radius 1 is 1.25 bits per heavy atom. The van der Waals surface area contributed by atoms with E-state index in [0.717, 1.165) is 25.5 Å². The van der Waals surface area contributed by atoms with Crippen molar-refractivity contribution in [3.8, 4) is 0 Å². The summed E-state index contributed by atoms with van der Waals surface area (Å²) in [5.74, 6) is -0.470. The lowest BCUT2D eigenvalue weighted by atomic mass is 10.1. The highest BCUT2D eigenvalue weighted by Crippen LogP contribution is 2.24. The number of benzene rings is 1. The van der Waals surface area contributed by atoms with Crippen LogP contribution in [-0.2, 0) is 11.3 Å². The van der Waals surface area contributed by atoms with E-state index in [0.29, 0.717) is 29.4 Å². The van der Waals surface area contributed by atoms with Gasteiger partial charge in [0.05, 0.1) is 16.2 Å². The number of anilines is 1. The molecule has 0 bridgehead atoms. The summed E-state index contributed by atoms with van der Waals surface area (Å²) in [6.07, 6.45) is 5.48. The molecule has 0 atom stereocenters. The normalized spacial score (nSPS) is 14.0. The lowest BCUT2D eigenvalue weighted by Crippen LogP contribution is -2.36. The Labute approximate surface area is 166 Å². The molecule has 0 saturated carbocycles. The Balaban J connectivity index is 1.66. The zero-order chi connectivity index (χ0) is 20.1. The highest BCUT2D eigenvalue weighted by Gasteiger charge is 2.22. The molecule has 1 fully saturated rings. The Morgan fingerprint density at radius 3 is 2.68 bits per heavy atom. The van der Waals surface area contributed by atoms with E-state index >= 15 is 0 Å². The highest BCUT2D eigenvalue weighted by molar-refractivity contribution is 6.31. The monoisotopic (exact) mass is 405 g/mol. The van der Waals surface area contributed by atoms with Crippen LogP contribution in [0.1, 0.15) is 36.0 Å². The molecule has 1 saturated heterocycles. The molecule has 0 unspecified atom stereocenters. The van der Waals surface area contributed by atoms with Gasteiger partial charge in [0, 0.05) is 31.1 Å². The first kappa shape index (κ1) is 19.8. The number of hydrogen-bond donors (Lipinski definition) is 1. The Morgan fingerprint density at radius 2 is 2.00 bits per heavy atom. The summed E-state index contributed by atoms with van der Waals surface area (Å²) in [4.78, 5) is 37.1. The molecule has 10 heteroatoms. The Bertz CT molecular complexity index is 892. The number of halogens is 1. The van der Waals surface area contributed by atoms with Crippen LogP contribution >= 0.6 is 11.6 Å². The fourth-order valence-electron chi connectivity index (χ4n) is 3.07. The van der Waals surface area contributed by atoms with Crippen molar-refractivity contribution in [3.05, 3.63) is 51.3 Å². The van der Waals surface area contributed by atoms with Gasteiger partial charge in [0.15, 0.2) is 0 Å². The molecule has 2 amide bonds. The van der Waals surface area contributed by atoms with Crippen LogP contribution in [0.2, 0.25) is 5.02 Å². The fraction of sp³-hybridized carbons (Fsp3) is 0.389. The fourth-order valence-corrected chi connectivity index (χ4v) is 3.24. The summed E-state index contributed by atoms with van der Waals surface area (Å²) < 4.78 is 1.33. The van der Waals surface area contributed by atoms with E-state index in [1.54, 1.807) is 23.1 Å². The summed E-state index contributed by atoms with van der Waals surface area (Å²) >= 11 is 6.04. The molecule has 0 aliphatic carbocycles. The number of carbonyl (C=O) groups excluding carboxylic acids is 2. The van der Waals surface area contributed by atoms with E-state index in [2.05, 4.69) is 10.4 Å². The van der Waals surface area contributed by atoms with Crippen LogP contribution in [0.3, 0.4) is 0 Å². The van der Waals surface area contributed by atoms with Gasteiger partial charge in [0.2, 0.25) is 5.91 Å². The topological polar surface area (TPSA) is 110 Å². The van der Waals surface area contributed by atoms with Crippen LogP contribution in [0.15, 0.2) is 30.6 Å². The Kier molecular flexibility index (Phi) is 6.25. The van der Waals surface area contributed by atoms with E-state index in [1.165, 1.54) is 10.9 Å². The second-order valence-corrected chi connectivity index (χ2v) is 7.00. The van der Waals surface area contributed by atoms with Gasteiger partial charge in [0.25, 0.3) is 5.91 Å². The zero-order valence-corrected chi connectivity index (χ0v) is 15.9. The van der Waals surface area contributed by atoms with E-state index in [9.17, 15) is 19.7 Å². The van der Waals surface area contributed by atoms with Crippen molar-refractivity contribution in [1.29, 1.82) is 0 Å². The van der Waals surface area contributed by atoms with Gasteiger partial charge in [0.1, 0.15) is 12.4 Å². The summed E-state index contributed by atoms with van der Waals surface area (Å²) in [5, 5.41) is 17.7. The van der Waals surface area contributed by atoms with Crippen LogP contribution in [0, 0.1) is 10.1 Å². The predicted molar refractivity (Wildman–Crippen MR) is 103 cm³/mol. The summed E-state index contributed by atoms with van der Waals surface area (Å²) in [6, 6.07) is 4.79. The molecule has 1 N–H and O–H groups in total. The first-order chi connectivity index (χ1) is 13.4. The summed E-state index contributed by atoms with van der Waals surface area (Å²) in [6.45, 7) is 1.58. The number of amides is 2. The van der Waals surface area contributed by atoms with Crippen molar-refractivity contribution in [2.24, 2.45) is 0 Å². The van der Waals surface area contributed by atoms with Gasteiger partial charge < -0.3 is 10.2 Å². The third-order valence-electron chi connectivity index (χ3n) is 4.53. The Hall–Kier alpha value is -2.94. The maximum Gasteiger partial charge on any atom is 0.306 e. The standard InChI is InChI=1S/C18H20ClN5O4/c19-13-4-5-15(18(26)22-7-2-1-3-8-22)16(10-13)21-17(25)6-9-23-12-14(11-20-23)24(27)28/h4-5,10-12H,1-3,6-9H2,(H,21,25). The van der Waals surface area contributed by atoms with Gasteiger partial charge in [-0.15, -0.1) is 0 Å². The molecule has 9 nitrogen and oxygen atoms in total. The third kappa shape index (κ3) is 4.86. The number of carbonyl (C=O) groups is 2. The largest absolute Gasteiger partial charge is 0.339 e. The average Bonchev–Trinajstić information content (AvgIpc) is 3.16. The van der Waals surface area contributed by atoms with E-state index < -0.39 is 4.92 Å². The average molecular weight is 406 g/mol. The molecule has 1 aliphatic rings. The smallest absolute Gasteiger partial charge is 0.306 e. The lowest BCUT2D eigenvalue weighted by molar-refractivity contribution is -0.385. The van der Waals surface area contributed by atoms with Gasteiger partial charge >= 0.3 is 5.69 Å². The number of likely N-dealkylation sites (tertiary alicyclic amines) is 1. The van der Waals surface area contributed by atoms with Crippen molar-refractivity contribution in [2.75, 3.05) is 18.4 Å². The van der Waals surface area contributed by atoms with Crippen molar-refractivity contribution in [2.45, 2.75) is 32.2 Å². The van der Waals surface area contributed by atoms with Gasteiger partial charge in [-0.05, 0) is 37.5 Å². The van der Waals surface area contributed by atoms with Gasteiger partial charge in [-0.1, -0.05) is 11.6 Å². The van der Waals surface area contributed by atoms with Crippen molar-refractivity contribution < 1.29 is 14.5 Å². The number of piperidine rings is 1. The second kappa shape index (κ2) is 8.83. The van der Waals surface area contributed by atoms with Crippen LogP contribution in [0.4, 0.5) is 11.4 Å². The predicted octanol–water partition coefficient (Wildman–Crippen LogP) is 3.10. The molecule has 0 radical (unpaired) electrons. The molecule has 148 valence electrons. The molecule has 2 heterocycles. The maximum absolute atomic E-state index is 12.8. The SMILES string of the molecule is O=C(CCn1cc([N+](=O)[O-])cn1)Nc1cc(Cl)ccc1C(=O)N1CCCCC1. The van der Waals surface area contributed by atoms with Crippen molar-refractivity contribution >= 4 is 34.8 Å². The molecule has 1 aromatic heterocycles. The van der Waals surface area contributed by atoms with E-state index in [1.807, 2.05) is 0 Å². The summed E-state index contributed by atoms with van der Waals surface area (Å²) in [7, 11) is 0. The molecular formula is C18H20ClN5O4. The highest BCUT2D eigenvalue weighted by atomic mass is 35.5. The minimum Gasteiger partial charge on any atom is -0.339 e. The van der Waals surface area contributed by atoms with Crippen molar-refractivity contribution in [1.82, 2.24) is 14.7 Å². The third-order valence-corrected chi connectivity index (χ3v) is 4.76. The number of nitrogens with zero attached hydrogens (tertiary/aromatic N) is 4. The minimum absolute atomic E-state index is 0.0443. The number of aryl methyl sites for hydroxylation is 1. The maximum atomic E-state index is 12.8. The second-order valence-electron chi connectivity index (χ2n) is 6.56. The molecule has 3 rings (SSSR count). The molecule has 0 spiro atoms. The van der Waals surface area contributed by atoms with Gasteiger partial charge in [-0.3, -0.25) is 24.4 Å². The first-order valence-corrected chi connectivity index (χ1v) is 9.37.